The number of hydrogen-bond acceptors (Lipinski definition) is 3. The maximum Gasteiger partial charge on any atom is 0.226 e. The molecule has 3 aromatic rings. The normalized spacial score (nSPS) is 27.3. The SMILES string of the molecule is O=C(NCc1ccc(Cl)cc1Cl)C12CCC(C(O)CC3c4ccccc4-c4cncn43)(CC1)CC2. The van der Waals surface area contributed by atoms with Crippen LogP contribution in [-0.4, -0.2) is 26.7 Å². The summed E-state index contributed by atoms with van der Waals surface area (Å²) >= 11 is 12.3. The number of nitrogens with one attached hydrogen (secondary N) is 1. The predicted octanol–water partition coefficient (Wildman–Crippen LogP) is 6.17. The Hall–Kier alpha value is -2.34. The van der Waals surface area contributed by atoms with E-state index in [0.29, 0.717) is 23.0 Å². The molecule has 7 heteroatoms. The second kappa shape index (κ2) is 8.65. The summed E-state index contributed by atoms with van der Waals surface area (Å²) in [6.07, 6.45) is 9.17. The molecule has 2 bridgehead atoms. The van der Waals surface area contributed by atoms with Gasteiger partial charge in [0, 0.05) is 27.6 Å². The van der Waals surface area contributed by atoms with Crippen LogP contribution in [0.15, 0.2) is 55.0 Å². The Bertz CT molecular complexity index is 1260. The molecular weight excluding hydrogens is 481 g/mol. The molecule has 3 saturated carbocycles. The van der Waals surface area contributed by atoms with Crippen molar-refractivity contribution in [2.24, 2.45) is 10.8 Å². The summed E-state index contributed by atoms with van der Waals surface area (Å²) in [4.78, 5) is 17.6. The average Bonchev–Trinajstić information content (AvgIpc) is 3.47. The van der Waals surface area contributed by atoms with Crippen molar-refractivity contribution in [1.82, 2.24) is 14.9 Å². The Morgan fingerprint density at radius 3 is 2.60 bits per heavy atom. The van der Waals surface area contributed by atoms with E-state index in [1.54, 1.807) is 12.1 Å². The van der Waals surface area contributed by atoms with Gasteiger partial charge in [-0.2, -0.15) is 0 Å². The number of imidazole rings is 1. The summed E-state index contributed by atoms with van der Waals surface area (Å²) < 4.78 is 2.20. The quantitative estimate of drug-likeness (QED) is 0.417. The first-order chi connectivity index (χ1) is 16.9. The number of carbonyl (C=O) groups is 1. The lowest BCUT2D eigenvalue weighted by atomic mass is 9.51. The number of nitrogens with zero attached hydrogens (tertiary/aromatic N) is 2. The second-order valence-corrected chi connectivity index (χ2v) is 11.4. The van der Waals surface area contributed by atoms with E-state index in [-0.39, 0.29) is 22.8 Å². The smallest absolute Gasteiger partial charge is 0.226 e. The minimum absolute atomic E-state index is 0.106. The lowest BCUT2D eigenvalue weighted by molar-refractivity contribution is -0.148. The zero-order valence-electron chi connectivity index (χ0n) is 19.5. The van der Waals surface area contributed by atoms with Gasteiger partial charge in [0.05, 0.1) is 30.4 Å². The molecule has 4 aliphatic rings. The van der Waals surface area contributed by atoms with Gasteiger partial charge in [0.25, 0.3) is 0 Å². The Balaban J connectivity index is 1.12. The minimum Gasteiger partial charge on any atom is -0.392 e. The highest BCUT2D eigenvalue weighted by Gasteiger charge is 2.55. The summed E-state index contributed by atoms with van der Waals surface area (Å²) in [5.74, 6) is 0.110. The van der Waals surface area contributed by atoms with Gasteiger partial charge in [0.1, 0.15) is 0 Å². The number of halogens is 2. The largest absolute Gasteiger partial charge is 0.392 e. The summed E-state index contributed by atoms with van der Waals surface area (Å²) in [5.41, 5.74) is 4.02. The van der Waals surface area contributed by atoms with Crippen LogP contribution in [0.5, 0.6) is 0 Å². The molecule has 1 aromatic heterocycles. The van der Waals surface area contributed by atoms with E-state index in [1.807, 2.05) is 18.6 Å². The number of aliphatic hydroxyl groups excluding tert-OH is 1. The van der Waals surface area contributed by atoms with Crippen LogP contribution in [0.1, 0.15) is 62.1 Å². The van der Waals surface area contributed by atoms with Gasteiger partial charge in [0.15, 0.2) is 0 Å². The van der Waals surface area contributed by atoms with Crippen molar-refractivity contribution in [2.45, 2.75) is 63.6 Å². The molecular formula is C28H29Cl2N3O2. The van der Waals surface area contributed by atoms with Crippen LogP contribution >= 0.6 is 23.2 Å². The van der Waals surface area contributed by atoms with Gasteiger partial charge in [-0.3, -0.25) is 4.79 Å². The number of hydrogen-bond donors (Lipinski definition) is 2. The van der Waals surface area contributed by atoms with Gasteiger partial charge in [-0.1, -0.05) is 53.5 Å². The lowest BCUT2D eigenvalue weighted by Crippen LogP contribution is -2.53. The fraction of sp³-hybridized carbons (Fsp3) is 0.429. The van der Waals surface area contributed by atoms with E-state index in [9.17, 15) is 9.90 Å². The lowest BCUT2D eigenvalue weighted by Gasteiger charge is -2.54. The van der Waals surface area contributed by atoms with Crippen molar-refractivity contribution in [3.05, 3.63) is 76.2 Å². The number of aliphatic hydroxyl groups is 1. The highest BCUT2D eigenvalue weighted by molar-refractivity contribution is 6.35. The number of aromatic nitrogens is 2. The van der Waals surface area contributed by atoms with E-state index in [2.05, 4.69) is 39.1 Å². The van der Waals surface area contributed by atoms with E-state index in [1.165, 1.54) is 11.1 Å². The molecule has 5 nitrogen and oxygen atoms in total. The summed E-state index contributed by atoms with van der Waals surface area (Å²) in [7, 11) is 0. The average molecular weight is 510 g/mol. The molecule has 0 radical (unpaired) electrons. The Morgan fingerprint density at radius 1 is 1.11 bits per heavy atom. The third-order valence-electron chi connectivity index (χ3n) is 8.99. The molecule has 2 unspecified atom stereocenters. The number of rotatable bonds is 6. The van der Waals surface area contributed by atoms with Crippen molar-refractivity contribution in [1.29, 1.82) is 0 Å². The molecule has 1 aliphatic heterocycles. The van der Waals surface area contributed by atoms with Crippen LogP contribution in [0.2, 0.25) is 10.0 Å². The second-order valence-electron chi connectivity index (χ2n) is 10.6. The molecule has 182 valence electrons. The van der Waals surface area contributed by atoms with Gasteiger partial charge < -0.3 is 15.0 Å². The van der Waals surface area contributed by atoms with Crippen LogP contribution in [0.25, 0.3) is 11.3 Å². The van der Waals surface area contributed by atoms with Crippen LogP contribution in [-0.2, 0) is 11.3 Å². The number of fused-ring (bicyclic) bond motifs is 6. The van der Waals surface area contributed by atoms with E-state index in [4.69, 9.17) is 23.2 Å². The first kappa shape index (κ1) is 23.1. The van der Waals surface area contributed by atoms with Gasteiger partial charge in [-0.05, 0) is 73.6 Å². The van der Waals surface area contributed by atoms with Crippen LogP contribution in [0, 0.1) is 10.8 Å². The van der Waals surface area contributed by atoms with Crippen molar-refractivity contribution in [3.8, 4) is 11.3 Å². The van der Waals surface area contributed by atoms with Gasteiger partial charge in [-0.25, -0.2) is 4.98 Å². The van der Waals surface area contributed by atoms with Crippen LogP contribution in [0.3, 0.4) is 0 Å². The first-order valence-electron chi connectivity index (χ1n) is 12.4. The third-order valence-corrected chi connectivity index (χ3v) is 9.58. The molecule has 2 heterocycles. The third kappa shape index (κ3) is 3.80. The molecule has 2 atom stereocenters. The van der Waals surface area contributed by atoms with Crippen molar-refractivity contribution in [2.75, 3.05) is 0 Å². The van der Waals surface area contributed by atoms with Crippen LogP contribution < -0.4 is 5.32 Å². The zero-order valence-corrected chi connectivity index (χ0v) is 21.0. The molecule has 2 N–H and O–H groups in total. The maximum absolute atomic E-state index is 13.3. The first-order valence-corrected chi connectivity index (χ1v) is 13.2. The van der Waals surface area contributed by atoms with Crippen LogP contribution in [0.4, 0.5) is 0 Å². The molecule has 3 fully saturated rings. The van der Waals surface area contributed by atoms with Crippen molar-refractivity contribution in [3.63, 3.8) is 0 Å². The number of amides is 1. The summed E-state index contributed by atoms with van der Waals surface area (Å²) in [6, 6.07) is 13.9. The molecule has 1 amide bonds. The van der Waals surface area contributed by atoms with E-state index >= 15 is 0 Å². The van der Waals surface area contributed by atoms with E-state index < -0.39 is 6.10 Å². The monoisotopic (exact) mass is 509 g/mol. The highest BCUT2D eigenvalue weighted by Crippen LogP contribution is 2.59. The molecule has 0 saturated heterocycles. The summed E-state index contributed by atoms with van der Waals surface area (Å²) in [6.45, 7) is 0.401. The Kier molecular flexibility index (Phi) is 5.70. The van der Waals surface area contributed by atoms with Gasteiger partial charge in [0.2, 0.25) is 5.91 Å². The van der Waals surface area contributed by atoms with E-state index in [0.717, 1.165) is 49.8 Å². The number of carbonyl (C=O) groups excluding carboxylic acids is 1. The fourth-order valence-electron chi connectivity index (χ4n) is 6.72. The standard InChI is InChI=1S/C28H29Cl2N3O2/c29-19-6-5-18(22(30)13-19)15-32-26(35)28-10-7-27(8-11-28,9-12-28)25(34)14-23-20-3-1-2-4-21(20)24-16-31-17-33(23)24/h1-6,13,16-17,23,25,34H,7-12,14-15H2,(H,32,35). The van der Waals surface area contributed by atoms with Gasteiger partial charge >= 0.3 is 0 Å². The zero-order chi connectivity index (χ0) is 24.2. The molecule has 3 aliphatic carbocycles. The molecule has 0 spiro atoms. The maximum atomic E-state index is 13.3. The topological polar surface area (TPSA) is 67.2 Å². The number of benzene rings is 2. The summed E-state index contributed by atoms with van der Waals surface area (Å²) in [5, 5.41) is 15.8. The fourth-order valence-corrected chi connectivity index (χ4v) is 7.19. The minimum atomic E-state index is -0.414. The molecule has 7 rings (SSSR count). The van der Waals surface area contributed by atoms with Crippen molar-refractivity contribution >= 4 is 29.1 Å². The molecule has 2 aromatic carbocycles. The highest BCUT2D eigenvalue weighted by atomic mass is 35.5. The predicted molar refractivity (Wildman–Crippen MR) is 137 cm³/mol. The molecule has 35 heavy (non-hydrogen) atoms. The Labute approximate surface area is 215 Å². The van der Waals surface area contributed by atoms with Crippen molar-refractivity contribution < 1.29 is 9.90 Å². The van der Waals surface area contributed by atoms with Gasteiger partial charge in [-0.15, -0.1) is 0 Å². The Morgan fingerprint density at radius 2 is 1.86 bits per heavy atom.